The second kappa shape index (κ2) is 10.2. The molecule has 0 saturated heterocycles. The SMILES string of the molecule is CCCNc1ccncc1C(=O)NCCOCCOC. The Balaban J connectivity index is 2.38. The van der Waals surface area contributed by atoms with Crippen LogP contribution in [0.15, 0.2) is 18.5 Å². The summed E-state index contributed by atoms with van der Waals surface area (Å²) in [6, 6.07) is 1.81. The summed E-state index contributed by atoms with van der Waals surface area (Å²) in [5, 5.41) is 6.02. The molecule has 2 N–H and O–H groups in total. The van der Waals surface area contributed by atoms with Gasteiger partial charge in [0.05, 0.1) is 31.1 Å². The number of anilines is 1. The number of pyridine rings is 1. The van der Waals surface area contributed by atoms with E-state index in [1.165, 1.54) is 0 Å². The summed E-state index contributed by atoms with van der Waals surface area (Å²) in [4.78, 5) is 16.0. The van der Waals surface area contributed by atoms with Crippen LogP contribution in [0, 0.1) is 0 Å². The van der Waals surface area contributed by atoms with E-state index in [4.69, 9.17) is 9.47 Å². The summed E-state index contributed by atoms with van der Waals surface area (Å²) in [5.74, 6) is -0.146. The maximum absolute atomic E-state index is 12.0. The third kappa shape index (κ3) is 5.99. The van der Waals surface area contributed by atoms with Crippen LogP contribution in [0.3, 0.4) is 0 Å². The fraction of sp³-hybridized carbons (Fsp3) is 0.571. The van der Waals surface area contributed by atoms with Gasteiger partial charge in [0.15, 0.2) is 0 Å². The second-order valence-electron chi connectivity index (χ2n) is 4.21. The number of rotatable bonds is 10. The summed E-state index contributed by atoms with van der Waals surface area (Å²) in [5.41, 5.74) is 1.36. The predicted octanol–water partition coefficient (Wildman–Crippen LogP) is 1.30. The molecule has 0 aliphatic rings. The van der Waals surface area contributed by atoms with E-state index < -0.39 is 0 Å². The molecule has 1 amide bonds. The molecule has 0 aliphatic carbocycles. The normalized spacial score (nSPS) is 10.3. The Morgan fingerprint density at radius 2 is 2.15 bits per heavy atom. The lowest BCUT2D eigenvalue weighted by Gasteiger charge is -2.11. The van der Waals surface area contributed by atoms with Crippen LogP contribution in [0.5, 0.6) is 0 Å². The summed E-state index contributed by atoms with van der Waals surface area (Å²) < 4.78 is 10.1. The van der Waals surface area contributed by atoms with Crippen molar-refractivity contribution in [3.05, 3.63) is 24.0 Å². The topological polar surface area (TPSA) is 72.5 Å². The molecule has 6 heteroatoms. The molecule has 6 nitrogen and oxygen atoms in total. The average molecular weight is 281 g/mol. The van der Waals surface area contributed by atoms with E-state index in [0.29, 0.717) is 31.9 Å². The van der Waals surface area contributed by atoms with Crippen molar-refractivity contribution in [3.8, 4) is 0 Å². The molecule has 0 aromatic carbocycles. The van der Waals surface area contributed by atoms with Crippen LogP contribution in [-0.2, 0) is 9.47 Å². The van der Waals surface area contributed by atoms with E-state index in [-0.39, 0.29) is 5.91 Å². The van der Waals surface area contributed by atoms with Crippen molar-refractivity contribution >= 4 is 11.6 Å². The molecule has 0 aliphatic heterocycles. The van der Waals surface area contributed by atoms with Gasteiger partial charge in [-0.1, -0.05) is 6.92 Å². The molecule has 0 saturated carbocycles. The van der Waals surface area contributed by atoms with E-state index in [1.54, 1.807) is 25.6 Å². The highest BCUT2D eigenvalue weighted by molar-refractivity contribution is 5.99. The van der Waals surface area contributed by atoms with Crippen LogP contribution in [0.1, 0.15) is 23.7 Å². The Morgan fingerprint density at radius 1 is 1.30 bits per heavy atom. The van der Waals surface area contributed by atoms with Gasteiger partial charge in [-0.25, -0.2) is 0 Å². The van der Waals surface area contributed by atoms with E-state index in [1.807, 2.05) is 0 Å². The number of hydrogen-bond donors (Lipinski definition) is 2. The van der Waals surface area contributed by atoms with E-state index in [0.717, 1.165) is 18.7 Å². The Labute approximate surface area is 119 Å². The molecule has 1 aromatic heterocycles. The number of nitrogens with zero attached hydrogens (tertiary/aromatic N) is 1. The molecule has 20 heavy (non-hydrogen) atoms. The fourth-order valence-corrected chi connectivity index (χ4v) is 1.57. The van der Waals surface area contributed by atoms with Crippen molar-refractivity contribution in [1.29, 1.82) is 0 Å². The summed E-state index contributed by atoms with van der Waals surface area (Å²) in [6.07, 6.45) is 4.23. The van der Waals surface area contributed by atoms with E-state index in [2.05, 4.69) is 22.5 Å². The van der Waals surface area contributed by atoms with E-state index in [9.17, 15) is 4.79 Å². The maximum Gasteiger partial charge on any atom is 0.255 e. The third-order valence-corrected chi connectivity index (χ3v) is 2.59. The van der Waals surface area contributed by atoms with Gasteiger partial charge >= 0.3 is 0 Å². The summed E-state index contributed by atoms with van der Waals surface area (Å²) >= 11 is 0. The lowest BCUT2D eigenvalue weighted by atomic mass is 10.2. The van der Waals surface area contributed by atoms with Gasteiger partial charge in [0.25, 0.3) is 5.91 Å². The molecular formula is C14H23N3O3. The molecule has 0 unspecified atom stereocenters. The molecule has 112 valence electrons. The van der Waals surface area contributed by atoms with Gasteiger partial charge < -0.3 is 20.1 Å². The van der Waals surface area contributed by atoms with Crippen LogP contribution >= 0.6 is 0 Å². The number of hydrogen-bond acceptors (Lipinski definition) is 5. The lowest BCUT2D eigenvalue weighted by molar-refractivity contribution is 0.0693. The minimum absolute atomic E-state index is 0.146. The number of amides is 1. The number of carbonyl (C=O) groups is 1. The number of methoxy groups -OCH3 is 1. The molecule has 0 spiro atoms. The first-order chi connectivity index (χ1) is 9.79. The highest BCUT2D eigenvalue weighted by Crippen LogP contribution is 2.13. The lowest BCUT2D eigenvalue weighted by Crippen LogP contribution is -2.28. The van der Waals surface area contributed by atoms with Crippen LogP contribution in [0.25, 0.3) is 0 Å². The standard InChI is InChI=1S/C14H23N3O3/c1-3-5-16-13-4-6-15-11-12(13)14(18)17-7-8-20-10-9-19-2/h4,6,11H,3,5,7-10H2,1-2H3,(H,15,16)(H,17,18). The molecule has 1 aromatic rings. The average Bonchev–Trinajstić information content (AvgIpc) is 2.48. The van der Waals surface area contributed by atoms with Crippen molar-refractivity contribution in [2.75, 3.05) is 45.3 Å². The predicted molar refractivity (Wildman–Crippen MR) is 78.0 cm³/mol. The largest absolute Gasteiger partial charge is 0.384 e. The van der Waals surface area contributed by atoms with Gasteiger partial charge in [0.1, 0.15) is 0 Å². The van der Waals surface area contributed by atoms with Gasteiger partial charge in [-0.2, -0.15) is 0 Å². The van der Waals surface area contributed by atoms with Gasteiger partial charge in [0, 0.05) is 32.6 Å². The fourth-order valence-electron chi connectivity index (χ4n) is 1.57. The number of ether oxygens (including phenoxy) is 2. The third-order valence-electron chi connectivity index (χ3n) is 2.59. The first kappa shape index (κ1) is 16.4. The highest BCUT2D eigenvalue weighted by atomic mass is 16.5. The first-order valence-corrected chi connectivity index (χ1v) is 6.82. The minimum atomic E-state index is -0.146. The second-order valence-corrected chi connectivity index (χ2v) is 4.21. The number of nitrogens with one attached hydrogen (secondary N) is 2. The Morgan fingerprint density at radius 3 is 2.90 bits per heavy atom. The quantitative estimate of drug-likeness (QED) is 0.632. The van der Waals surface area contributed by atoms with Gasteiger partial charge in [-0.3, -0.25) is 9.78 Å². The zero-order valence-corrected chi connectivity index (χ0v) is 12.1. The van der Waals surface area contributed by atoms with Crippen molar-refractivity contribution in [1.82, 2.24) is 10.3 Å². The molecule has 0 atom stereocenters. The minimum Gasteiger partial charge on any atom is -0.384 e. The van der Waals surface area contributed by atoms with Gasteiger partial charge in [0.2, 0.25) is 0 Å². The smallest absolute Gasteiger partial charge is 0.255 e. The van der Waals surface area contributed by atoms with Gasteiger partial charge in [-0.05, 0) is 12.5 Å². The highest BCUT2D eigenvalue weighted by Gasteiger charge is 2.10. The number of carbonyl (C=O) groups excluding carboxylic acids is 1. The molecular weight excluding hydrogens is 258 g/mol. The van der Waals surface area contributed by atoms with Crippen molar-refractivity contribution in [2.24, 2.45) is 0 Å². The van der Waals surface area contributed by atoms with Crippen molar-refractivity contribution in [3.63, 3.8) is 0 Å². The van der Waals surface area contributed by atoms with Crippen LogP contribution in [0.2, 0.25) is 0 Å². The Kier molecular flexibility index (Phi) is 8.33. The Bertz CT molecular complexity index is 399. The van der Waals surface area contributed by atoms with Crippen LogP contribution < -0.4 is 10.6 Å². The maximum atomic E-state index is 12.0. The van der Waals surface area contributed by atoms with Crippen LogP contribution in [-0.4, -0.2) is 50.9 Å². The number of aromatic nitrogens is 1. The Hall–Kier alpha value is -1.66. The molecule has 0 bridgehead atoms. The zero-order chi connectivity index (χ0) is 14.6. The summed E-state index contributed by atoms with van der Waals surface area (Å²) in [7, 11) is 1.62. The molecule has 0 fully saturated rings. The van der Waals surface area contributed by atoms with Crippen molar-refractivity contribution < 1.29 is 14.3 Å². The first-order valence-electron chi connectivity index (χ1n) is 6.82. The van der Waals surface area contributed by atoms with Crippen LogP contribution in [0.4, 0.5) is 5.69 Å². The molecule has 0 radical (unpaired) electrons. The van der Waals surface area contributed by atoms with E-state index >= 15 is 0 Å². The zero-order valence-electron chi connectivity index (χ0n) is 12.1. The monoisotopic (exact) mass is 281 g/mol. The van der Waals surface area contributed by atoms with Gasteiger partial charge in [-0.15, -0.1) is 0 Å². The van der Waals surface area contributed by atoms with Crippen molar-refractivity contribution in [2.45, 2.75) is 13.3 Å². The summed E-state index contributed by atoms with van der Waals surface area (Å²) in [6.45, 7) is 4.91. The molecule has 1 rings (SSSR count). The molecule has 1 heterocycles.